The van der Waals surface area contributed by atoms with Crippen LogP contribution in [0.25, 0.3) is 0 Å². The van der Waals surface area contributed by atoms with E-state index in [1.807, 2.05) is 75.4 Å². The number of carbonyl (C=O) groups is 2. The highest BCUT2D eigenvalue weighted by molar-refractivity contribution is 6.30. The Bertz CT molecular complexity index is 1400. The number of benzene rings is 2. The number of ketones is 1. The number of ether oxygens (including phenoxy) is 2. The van der Waals surface area contributed by atoms with Crippen molar-refractivity contribution < 1.29 is 19.1 Å². The number of hydrogen-bond donors (Lipinski definition) is 1. The van der Waals surface area contributed by atoms with Crippen molar-refractivity contribution in [1.29, 1.82) is 0 Å². The van der Waals surface area contributed by atoms with Crippen molar-refractivity contribution in [3.8, 4) is 0 Å². The molecule has 0 atom stereocenters. The zero-order chi connectivity index (χ0) is 30.7. The summed E-state index contributed by atoms with van der Waals surface area (Å²) in [6.07, 6.45) is 1.20. The lowest BCUT2D eigenvalue weighted by atomic mass is 10.1. The Balaban J connectivity index is 1.49. The highest BCUT2D eigenvalue weighted by atomic mass is 35.5. The van der Waals surface area contributed by atoms with Gasteiger partial charge in [0.15, 0.2) is 16.8 Å². The summed E-state index contributed by atoms with van der Waals surface area (Å²) in [6.45, 7) is 8.78. The molecule has 0 aliphatic heterocycles. The zero-order valence-corrected chi connectivity index (χ0v) is 25.9. The van der Waals surface area contributed by atoms with Crippen molar-refractivity contribution in [2.24, 2.45) is 0 Å². The summed E-state index contributed by atoms with van der Waals surface area (Å²) in [4.78, 5) is 43.6. The lowest BCUT2D eigenvalue weighted by Gasteiger charge is -2.24. The van der Waals surface area contributed by atoms with E-state index in [1.54, 1.807) is 14.0 Å². The van der Waals surface area contributed by atoms with Crippen molar-refractivity contribution in [3.63, 3.8) is 0 Å². The molecule has 0 aliphatic rings. The molecular weight excluding hydrogens is 556 g/mol. The second-order valence-electron chi connectivity index (χ2n) is 11.2. The smallest absolute Gasteiger partial charge is 0.410 e. The highest BCUT2D eigenvalue weighted by Gasteiger charge is 2.19. The van der Waals surface area contributed by atoms with Crippen LogP contribution in [0, 0.1) is 6.92 Å². The van der Waals surface area contributed by atoms with Gasteiger partial charge in [0, 0.05) is 26.6 Å². The molecule has 0 radical (unpaired) electrons. The third-order valence-electron chi connectivity index (χ3n) is 6.47. The van der Waals surface area contributed by atoms with Crippen LogP contribution in [-0.4, -0.2) is 58.7 Å². The Hall–Kier alpha value is -3.69. The molecule has 1 amide bonds. The molecular formula is C32H41ClN4O5. The summed E-state index contributed by atoms with van der Waals surface area (Å²) < 4.78 is 12.5. The first-order valence-corrected chi connectivity index (χ1v) is 14.5. The number of nitrogens with zero attached hydrogens (tertiary/aromatic N) is 3. The molecule has 0 unspecified atom stereocenters. The third kappa shape index (κ3) is 10.6. The predicted molar refractivity (Wildman–Crippen MR) is 165 cm³/mol. The quantitative estimate of drug-likeness (QED) is 0.247. The van der Waals surface area contributed by atoms with Gasteiger partial charge in [0.05, 0.1) is 25.5 Å². The van der Waals surface area contributed by atoms with Crippen molar-refractivity contribution in [2.45, 2.75) is 65.7 Å². The molecule has 10 heteroatoms. The lowest BCUT2D eigenvalue weighted by Crippen LogP contribution is -2.36. The minimum Gasteiger partial charge on any atom is -0.444 e. The summed E-state index contributed by atoms with van der Waals surface area (Å²) in [5.74, 6) is 0.0721. The van der Waals surface area contributed by atoms with Gasteiger partial charge in [0.2, 0.25) is 0 Å². The number of nitrogens with one attached hydrogen (secondary N) is 1. The van der Waals surface area contributed by atoms with Gasteiger partial charge < -0.3 is 19.7 Å². The summed E-state index contributed by atoms with van der Waals surface area (Å²) in [5, 5.41) is 3.28. The van der Waals surface area contributed by atoms with Gasteiger partial charge in [-0.25, -0.2) is 9.78 Å². The van der Waals surface area contributed by atoms with E-state index in [0.717, 1.165) is 16.7 Å². The average molecular weight is 597 g/mol. The van der Waals surface area contributed by atoms with E-state index < -0.39 is 5.60 Å². The van der Waals surface area contributed by atoms with Crippen molar-refractivity contribution in [3.05, 3.63) is 92.5 Å². The van der Waals surface area contributed by atoms with Crippen LogP contribution in [0.4, 0.5) is 10.6 Å². The number of hydrogen-bond acceptors (Lipinski definition) is 7. The number of amides is 1. The summed E-state index contributed by atoms with van der Waals surface area (Å²) >= 11 is 6.32. The van der Waals surface area contributed by atoms with Gasteiger partial charge in [0.1, 0.15) is 5.60 Å². The Kier molecular flexibility index (Phi) is 12.1. The standard InChI is InChI=1S/C32H41ClN4O5/c1-23-28(33)35-29(30(39)37(23)21-27(38)15-14-24-10-7-6-8-11-24)34-17-16-25-12-9-13-26(20-25)22-41-19-18-36(5)31(40)42-32(2,3)4/h6-13,20H,14-19,21-22H2,1-5H3,(H,34,35). The maximum Gasteiger partial charge on any atom is 0.410 e. The Morgan fingerprint density at radius 1 is 1.02 bits per heavy atom. The Labute approximate surface area is 252 Å². The van der Waals surface area contributed by atoms with E-state index in [4.69, 9.17) is 21.1 Å². The first kappa shape index (κ1) is 32.8. The second kappa shape index (κ2) is 15.5. The van der Waals surface area contributed by atoms with E-state index in [-0.39, 0.29) is 35.0 Å². The molecule has 1 heterocycles. The Morgan fingerprint density at radius 3 is 2.43 bits per heavy atom. The second-order valence-corrected chi connectivity index (χ2v) is 11.6. The van der Waals surface area contributed by atoms with Crippen LogP contribution >= 0.6 is 11.6 Å². The molecule has 226 valence electrons. The third-order valence-corrected chi connectivity index (χ3v) is 6.83. The first-order chi connectivity index (χ1) is 19.9. The van der Waals surface area contributed by atoms with Crippen LogP contribution in [0.5, 0.6) is 0 Å². The van der Waals surface area contributed by atoms with Crippen molar-refractivity contribution in [1.82, 2.24) is 14.5 Å². The van der Waals surface area contributed by atoms with E-state index in [9.17, 15) is 14.4 Å². The topological polar surface area (TPSA) is 103 Å². The molecule has 1 N–H and O–H groups in total. The van der Waals surface area contributed by atoms with E-state index in [0.29, 0.717) is 51.3 Å². The fourth-order valence-electron chi connectivity index (χ4n) is 4.13. The van der Waals surface area contributed by atoms with Crippen LogP contribution in [0.15, 0.2) is 59.4 Å². The van der Waals surface area contributed by atoms with Gasteiger partial charge in [-0.15, -0.1) is 0 Å². The first-order valence-electron chi connectivity index (χ1n) is 14.1. The number of anilines is 1. The number of aryl methyl sites for hydroxylation is 1. The molecule has 0 bridgehead atoms. The number of Topliss-reactive ketones (excluding diaryl/α,β-unsaturated/α-hetero) is 1. The fraction of sp³-hybridized carbons (Fsp3) is 0.438. The van der Waals surface area contributed by atoms with Gasteiger partial charge >= 0.3 is 6.09 Å². The molecule has 0 saturated heterocycles. The minimum atomic E-state index is -0.540. The van der Waals surface area contributed by atoms with E-state index >= 15 is 0 Å². The van der Waals surface area contributed by atoms with Crippen LogP contribution in [-0.2, 0) is 40.3 Å². The normalized spacial score (nSPS) is 11.3. The molecule has 0 fully saturated rings. The van der Waals surface area contributed by atoms with Gasteiger partial charge in [-0.1, -0.05) is 66.2 Å². The van der Waals surface area contributed by atoms with Gasteiger partial charge in [-0.05, 0) is 57.2 Å². The number of halogens is 1. The maximum atomic E-state index is 13.1. The Morgan fingerprint density at radius 2 is 1.71 bits per heavy atom. The molecule has 9 nitrogen and oxygen atoms in total. The van der Waals surface area contributed by atoms with E-state index in [1.165, 1.54) is 9.47 Å². The number of aromatic nitrogens is 2. The molecule has 0 aliphatic carbocycles. The molecule has 2 aromatic carbocycles. The molecule has 0 spiro atoms. The van der Waals surface area contributed by atoms with Gasteiger partial charge in [-0.3, -0.25) is 14.2 Å². The molecule has 3 rings (SSSR count). The summed E-state index contributed by atoms with van der Waals surface area (Å²) in [5.41, 5.74) is 2.69. The zero-order valence-electron chi connectivity index (χ0n) is 25.1. The molecule has 1 aromatic heterocycles. The fourth-order valence-corrected chi connectivity index (χ4v) is 4.32. The SMILES string of the molecule is Cc1c(Cl)nc(NCCc2cccc(COCCN(C)C(=O)OC(C)(C)C)c2)c(=O)n1CC(=O)CCc1ccccc1. The molecule has 42 heavy (non-hydrogen) atoms. The van der Waals surface area contributed by atoms with Crippen LogP contribution in [0.2, 0.25) is 5.15 Å². The largest absolute Gasteiger partial charge is 0.444 e. The van der Waals surface area contributed by atoms with Crippen molar-refractivity contribution >= 4 is 29.3 Å². The minimum absolute atomic E-state index is 0.0483. The maximum absolute atomic E-state index is 13.1. The van der Waals surface area contributed by atoms with Crippen molar-refractivity contribution in [2.75, 3.05) is 32.1 Å². The summed E-state index contributed by atoms with van der Waals surface area (Å²) in [7, 11) is 1.68. The lowest BCUT2D eigenvalue weighted by molar-refractivity contribution is -0.119. The van der Waals surface area contributed by atoms with Crippen LogP contribution < -0.4 is 10.9 Å². The molecule has 3 aromatic rings. The van der Waals surface area contributed by atoms with E-state index in [2.05, 4.69) is 10.3 Å². The number of likely N-dealkylation sites (N-methyl/N-ethyl adjacent to an activating group) is 1. The number of rotatable bonds is 14. The number of carbonyl (C=O) groups excluding carboxylic acids is 2. The van der Waals surface area contributed by atoms with Gasteiger partial charge in [0.25, 0.3) is 5.56 Å². The van der Waals surface area contributed by atoms with Gasteiger partial charge in [-0.2, -0.15) is 0 Å². The summed E-state index contributed by atoms with van der Waals surface area (Å²) in [6, 6.07) is 17.7. The predicted octanol–water partition coefficient (Wildman–Crippen LogP) is 5.45. The van der Waals surface area contributed by atoms with Crippen LogP contribution in [0.3, 0.4) is 0 Å². The molecule has 0 saturated carbocycles. The average Bonchev–Trinajstić information content (AvgIpc) is 2.94. The van der Waals surface area contributed by atoms with Crippen LogP contribution in [0.1, 0.15) is 49.6 Å². The monoisotopic (exact) mass is 596 g/mol. The highest BCUT2D eigenvalue weighted by Crippen LogP contribution is 2.14.